The maximum Gasteiger partial charge on any atom is 0.354 e. The number of ether oxygens (including phenoxy) is 2. The lowest BCUT2D eigenvalue weighted by atomic mass is 10.2. The van der Waals surface area contributed by atoms with Gasteiger partial charge in [0.15, 0.2) is 0 Å². The molecule has 2 heterocycles. The molecule has 0 saturated heterocycles. The summed E-state index contributed by atoms with van der Waals surface area (Å²) in [7, 11) is 0. The minimum Gasteiger partial charge on any atom is -0.494 e. The van der Waals surface area contributed by atoms with Crippen LogP contribution < -0.4 is 9.47 Å². The first kappa shape index (κ1) is 17.9. The molecule has 0 aliphatic heterocycles. The SMILES string of the molecule is CCOc1ccc(-c2nc(-c3cccc(C(=O)O)n3)cs2)c(OCC)c1. The Morgan fingerprint density at radius 2 is 1.88 bits per heavy atom. The summed E-state index contributed by atoms with van der Waals surface area (Å²) < 4.78 is 11.3. The van der Waals surface area contributed by atoms with E-state index in [9.17, 15) is 4.79 Å². The summed E-state index contributed by atoms with van der Waals surface area (Å²) in [4.78, 5) is 19.9. The summed E-state index contributed by atoms with van der Waals surface area (Å²) in [5, 5.41) is 11.7. The molecule has 134 valence electrons. The minimum absolute atomic E-state index is 0.00637. The van der Waals surface area contributed by atoms with Crippen LogP contribution in [0.5, 0.6) is 11.5 Å². The molecule has 0 aliphatic rings. The van der Waals surface area contributed by atoms with E-state index < -0.39 is 5.97 Å². The first-order chi connectivity index (χ1) is 12.6. The number of nitrogens with zero attached hydrogens (tertiary/aromatic N) is 2. The van der Waals surface area contributed by atoms with Gasteiger partial charge in [-0.05, 0) is 38.1 Å². The summed E-state index contributed by atoms with van der Waals surface area (Å²) >= 11 is 1.45. The van der Waals surface area contributed by atoms with Gasteiger partial charge in [0.2, 0.25) is 0 Å². The molecule has 0 radical (unpaired) electrons. The third-order valence-electron chi connectivity index (χ3n) is 3.53. The summed E-state index contributed by atoms with van der Waals surface area (Å²) in [5.74, 6) is 0.381. The quantitative estimate of drug-likeness (QED) is 0.665. The number of aromatic nitrogens is 2. The number of pyridine rings is 1. The van der Waals surface area contributed by atoms with Gasteiger partial charge in [0, 0.05) is 11.4 Å². The van der Waals surface area contributed by atoms with Gasteiger partial charge in [0.25, 0.3) is 0 Å². The number of carboxylic acids is 1. The molecule has 0 unspecified atom stereocenters. The van der Waals surface area contributed by atoms with Crippen molar-refractivity contribution in [1.82, 2.24) is 9.97 Å². The zero-order valence-electron chi connectivity index (χ0n) is 14.4. The largest absolute Gasteiger partial charge is 0.494 e. The third-order valence-corrected chi connectivity index (χ3v) is 4.40. The van der Waals surface area contributed by atoms with E-state index in [4.69, 9.17) is 14.6 Å². The second-order valence-corrected chi connectivity index (χ2v) is 6.13. The van der Waals surface area contributed by atoms with Crippen molar-refractivity contribution in [1.29, 1.82) is 0 Å². The van der Waals surface area contributed by atoms with E-state index in [2.05, 4.69) is 9.97 Å². The monoisotopic (exact) mass is 370 g/mol. The summed E-state index contributed by atoms with van der Waals surface area (Å²) in [6.07, 6.45) is 0. The molecule has 0 spiro atoms. The van der Waals surface area contributed by atoms with Gasteiger partial charge in [-0.25, -0.2) is 14.8 Å². The molecule has 7 heteroatoms. The number of aromatic carboxylic acids is 1. The van der Waals surface area contributed by atoms with Crippen LogP contribution in [-0.2, 0) is 0 Å². The number of carboxylic acid groups (broad SMARTS) is 1. The molecule has 2 aromatic heterocycles. The fourth-order valence-corrected chi connectivity index (χ4v) is 3.27. The Balaban J connectivity index is 1.97. The summed E-state index contributed by atoms with van der Waals surface area (Å²) in [5.41, 5.74) is 2.01. The predicted octanol–water partition coefficient (Wildman–Crippen LogP) is 4.37. The number of carbonyl (C=O) groups is 1. The predicted molar refractivity (Wildman–Crippen MR) is 100 cm³/mol. The van der Waals surface area contributed by atoms with Crippen molar-refractivity contribution in [2.75, 3.05) is 13.2 Å². The number of rotatable bonds is 7. The van der Waals surface area contributed by atoms with Crippen LogP contribution in [0, 0.1) is 0 Å². The second kappa shape index (κ2) is 7.97. The average molecular weight is 370 g/mol. The molecule has 3 aromatic rings. The van der Waals surface area contributed by atoms with Crippen molar-refractivity contribution in [2.24, 2.45) is 0 Å². The molecule has 0 fully saturated rings. The molecule has 0 saturated carbocycles. The minimum atomic E-state index is -1.06. The maximum absolute atomic E-state index is 11.1. The molecule has 1 N–H and O–H groups in total. The number of thiazole rings is 1. The Morgan fingerprint density at radius 3 is 2.62 bits per heavy atom. The molecule has 6 nitrogen and oxygen atoms in total. The Morgan fingerprint density at radius 1 is 1.08 bits per heavy atom. The Bertz CT molecular complexity index is 923. The topological polar surface area (TPSA) is 81.5 Å². The second-order valence-electron chi connectivity index (χ2n) is 5.28. The molecule has 0 atom stereocenters. The zero-order valence-corrected chi connectivity index (χ0v) is 15.2. The first-order valence-corrected chi connectivity index (χ1v) is 9.06. The molecule has 1 aromatic carbocycles. The van der Waals surface area contributed by atoms with Crippen molar-refractivity contribution in [2.45, 2.75) is 13.8 Å². The van der Waals surface area contributed by atoms with E-state index in [0.29, 0.717) is 30.4 Å². The Labute approximate surface area is 155 Å². The highest BCUT2D eigenvalue weighted by Crippen LogP contribution is 2.36. The van der Waals surface area contributed by atoms with E-state index in [0.717, 1.165) is 16.3 Å². The lowest BCUT2D eigenvalue weighted by Crippen LogP contribution is -2.00. The lowest BCUT2D eigenvalue weighted by molar-refractivity contribution is 0.0690. The standard InChI is InChI=1S/C19H18N2O4S/c1-3-24-12-8-9-13(17(10-12)25-4-2)18-21-16(11-26-18)14-6-5-7-15(20-14)19(22)23/h5-11H,3-4H2,1-2H3,(H,22,23). The highest BCUT2D eigenvalue weighted by Gasteiger charge is 2.14. The van der Waals surface area contributed by atoms with E-state index in [-0.39, 0.29) is 5.69 Å². The highest BCUT2D eigenvalue weighted by molar-refractivity contribution is 7.13. The fraction of sp³-hybridized carbons (Fsp3) is 0.211. The molecule has 0 amide bonds. The van der Waals surface area contributed by atoms with Gasteiger partial charge in [0.05, 0.1) is 24.5 Å². The smallest absolute Gasteiger partial charge is 0.354 e. The van der Waals surface area contributed by atoms with Crippen molar-refractivity contribution < 1.29 is 19.4 Å². The van der Waals surface area contributed by atoms with E-state index in [1.165, 1.54) is 17.4 Å². The van der Waals surface area contributed by atoms with Gasteiger partial charge in [-0.2, -0.15) is 0 Å². The molecule has 26 heavy (non-hydrogen) atoms. The zero-order chi connectivity index (χ0) is 18.5. The van der Waals surface area contributed by atoms with Crippen LogP contribution in [0.25, 0.3) is 22.0 Å². The van der Waals surface area contributed by atoms with E-state index >= 15 is 0 Å². The summed E-state index contributed by atoms with van der Waals surface area (Å²) in [6, 6.07) is 10.5. The highest BCUT2D eigenvalue weighted by atomic mass is 32.1. The van der Waals surface area contributed by atoms with Crippen molar-refractivity contribution >= 4 is 17.3 Å². The van der Waals surface area contributed by atoms with Gasteiger partial charge in [-0.3, -0.25) is 0 Å². The lowest BCUT2D eigenvalue weighted by Gasteiger charge is -2.11. The van der Waals surface area contributed by atoms with Crippen molar-refractivity contribution in [3.05, 3.63) is 47.5 Å². The molecule has 0 aliphatic carbocycles. The average Bonchev–Trinajstić information content (AvgIpc) is 3.12. The molecule has 3 rings (SSSR count). The van der Waals surface area contributed by atoms with Crippen LogP contribution in [-0.4, -0.2) is 34.3 Å². The van der Waals surface area contributed by atoms with E-state index in [1.54, 1.807) is 12.1 Å². The maximum atomic E-state index is 11.1. The third kappa shape index (κ3) is 3.83. The van der Waals surface area contributed by atoms with Crippen LogP contribution in [0.2, 0.25) is 0 Å². The van der Waals surface area contributed by atoms with Gasteiger partial charge in [-0.1, -0.05) is 6.07 Å². The van der Waals surface area contributed by atoms with Gasteiger partial charge >= 0.3 is 5.97 Å². The van der Waals surface area contributed by atoms with Gasteiger partial charge in [0.1, 0.15) is 27.9 Å². The number of hydrogen-bond donors (Lipinski definition) is 1. The van der Waals surface area contributed by atoms with Crippen LogP contribution in [0.1, 0.15) is 24.3 Å². The fourth-order valence-electron chi connectivity index (χ4n) is 2.42. The molecular weight excluding hydrogens is 352 g/mol. The first-order valence-electron chi connectivity index (χ1n) is 8.18. The van der Waals surface area contributed by atoms with Gasteiger partial charge < -0.3 is 14.6 Å². The normalized spacial score (nSPS) is 10.5. The number of hydrogen-bond acceptors (Lipinski definition) is 6. The van der Waals surface area contributed by atoms with E-state index in [1.807, 2.05) is 37.4 Å². The molecular formula is C19H18N2O4S. The number of benzene rings is 1. The van der Waals surface area contributed by atoms with Gasteiger partial charge in [-0.15, -0.1) is 11.3 Å². The van der Waals surface area contributed by atoms with Crippen molar-refractivity contribution in [3.63, 3.8) is 0 Å². The molecule has 0 bridgehead atoms. The van der Waals surface area contributed by atoms with Crippen molar-refractivity contribution in [3.8, 4) is 33.5 Å². The van der Waals surface area contributed by atoms with Crippen LogP contribution in [0.3, 0.4) is 0 Å². The Kier molecular flexibility index (Phi) is 5.48. The van der Waals surface area contributed by atoms with Crippen LogP contribution in [0.15, 0.2) is 41.8 Å². The van der Waals surface area contributed by atoms with Crippen LogP contribution >= 0.6 is 11.3 Å². The Hall–Kier alpha value is -2.93. The van der Waals surface area contributed by atoms with Crippen LogP contribution in [0.4, 0.5) is 0 Å². The summed E-state index contributed by atoms with van der Waals surface area (Å²) in [6.45, 7) is 4.96.